The van der Waals surface area contributed by atoms with Gasteiger partial charge in [-0.15, -0.1) is 0 Å². The van der Waals surface area contributed by atoms with Crippen molar-refractivity contribution in [2.45, 2.75) is 0 Å². The zero-order valence-electron chi connectivity index (χ0n) is 13.2. The van der Waals surface area contributed by atoms with Crippen molar-refractivity contribution in [2.24, 2.45) is 0 Å². The summed E-state index contributed by atoms with van der Waals surface area (Å²) in [6, 6.07) is 10.9. The molecule has 0 fully saturated rings. The molecule has 0 saturated carbocycles. The van der Waals surface area contributed by atoms with Gasteiger partial charge in [-0.1, -0.05) is 6.07 Å². The van der Waals surface area contributed by atoms with Gasteiger partial charge in [0.1, 0.15) is 11.6 Å². The molecule has 0 radical (unpaired) electrons. The fraction of sp³-hybridized carbons (Fsp3) is 0.111. The number of carboxylic acid groups (broad SMARTS) is 1. The van der Waals surface area contributed by atoms with Gasteiger partial charge in [0.2, 0.25) is 0 Å². The summed E-state index contributed by atoms with van der Waals surface area (Å²) >= 11 is 0. The highest BCUT2D eigenvalue weighted by Crippen LogP contribution is 2.32. The maximum atomic E-state index is 13.4. The lowest BCUT2D eigenvalue weighted by Gasteiger charge is -2.17. The first kappa shape index (κ1) is 15.7. The molecular formula is C18H16FN3O2. The summed E-state index contributed by atoms with van der Waals surface area (Å²) < 4.78 is 13.4. The second-order valence-corrected chi connectivity index (χ2v) is 5.59. The molecule has 5 nitrogen and oxygen atoms in total. The molecular weight excluding hydrogens is 309 g/mol. The molecule has 0 unspecified atom stereocenters. The van der Waals surface area contributed by atoms with Gasteiger partial charge >= 0.3 is 5.97 Å². The van der Waals surface area contributed by atoms with Crippen molar-refractivity contribution in [3.8, 4) is 0 Å². The van der Waals surface area contributed by atoms with E-state index in [1.165, 1.54) is 12.1 Å². The van der Waals surface area contributed by atoms with Crippen molar-refractivity contribution in [1.29, 1.82) is 0 Å². The van der Waals surface area contributed by atoms with Crippen LogP contribution in [0.1, 0.15) is 10.4 Å². The predicted octanol–water partition coefficient (Wildman–Crippen LogP) is 3.88. The summed E-state index contributed by atoms with van der Waals surface area (Å²) in [7, 11) is 3.74. The Kier molecular flexibility index (Phi) is 4.04. The standard InChI is InChI=1S/C18H16FN3O2/c1-22(2)17-14-7-6-11(18(23)24)8-15(14)16(10-20-17)21-13-5-3-4-12(19)9-13/h3-10,21H,1-2H3,(H,23,24). The Morgan fingerprint density at radius 3 is 2.62 bits per heavy atom. The van der Waals surface area contributed by atoms with Crippen molar-refractivity contribution in [3.05, 3.63) is 60.0 Å². The highest BCUT2D eigenvalue weighted by atomic mass is 19.1. The van der Waals surface area contributed by atoms with Crippen LogP contribution in [0.4, 0.5) is 21.6 Å². The molecule has 3 aromatic rings. The van der Waals surface area contributed by atoms with E-state index in [2.05, 4.69) is 10.3 Å². The average Bonchev–Trinajstić information content (AvgIpc) is 2.54. The van der Waals surface area contributed by atoms with Crippen LogP contribution in [0.15, 0.2) is 48.7 Å². The molecule has 0 spiro atoms. The van der Waals surface area contributed by atoms with Crippen molar-refractivity contribution in [3.63, 3.8) is 0 Å². The van der Waals surface area contributed by atoms with Crippen molar-refractivity contribution < 1.29 is 14.3 Å². The first-order chi connectivity index (χ1) is 11.5. The molecule has 0 aliphatic carbocycles. The highest BCUT2D eigenvalue weighted by molar-refractivity contribution is 6.04. The third kappa shape index (κ3) is 2.99. The lowest BCUT2D eigenvalue weighted by Crippen LogP contribution is -2.11. The number of aromatic nitrogens is 1. The molecule has 0 atom stereocenters. The van der Waals surface area contributed by atoms with Gasteiger partial charge in [0.15, 0.2) is 0 Å². The fourth-order valence-electron chi connectivity index (χ4n) is 2.54. The number of halogens is 1. The molecule has 2 aromatic carbocycles. The molecule has 3 rings (SSSR count). The van der Waals surface area contributed by atoms with E-state index in [1.807, 2.05) is 19.0 Å². The van der Waals surface area contributed by atoms with Gasteiger partial charge in [0.25, 0.3) is 0 Å². The highest BCUT2D eigenvalue weighted by Gasteiger charge is 2.12. The lowest BCUT2D eigenvalue weighted by atomic mass is 10.1. The first-order valence-corrected chi connectivity index (χ1v) is 7.31. The first-order valence-electron chi connectivity index (χ1n) is 7.31. The lowest BCUT2D eigenvalue weighted by molar-refractivity contribution is 0.0697. The van der Waals surface area contributed by atoms with Gasteiger partial charge in [-0.3, -0.25) is 0 Å². The Bertz CT molecular complexity index is 925. The number of carbonyl (C=O) groups is 1. The third-order valence-electron chi connectivity index (χ3n) is 3.64. The number of hydrogen-bond donors (Lipinski definition) is 2. The van der Waals surface area contributed by atoms with Gasteiger partial charge in [0, 0.05) is 30.6 Å². The second kappa shape index (κ2) is 6.16. The Morgan fingerprint density at radius 1 is 1.17 bits per heavy atom. The van der Waals surface area contributed by atoms with Crippen LogP contribution in [0.25, 0.3) is 10.8 Å². The summed E-state index contributed by atoms with van der Waals surface area (Å²) in [6.45, 7) is 0. The molecule has 0 saturated heterocycles. The van der Waals surface area contributed by atoms with Crippen LogP contribution in [0.2, 0.25) is 0 Å². The van der Waals surface area contributed by atoms with E-state index < -0.39 is 5.97 Å². The molecule has 0 bridgehead atoms. The number of hydrogen-bond acceptors (Lipinski definition) is 4. The monoisotopic (exact) mass is 325 g/mol. The van der Waals surface area contributed by atoms with Crippen LogP contribution in [-0.2, 0) is 0 Å². The third-order valence-corrected chi connectivity index (χ3v) is 3.64. The number of carboxylic acids is 1. The molecule has 0 aliphatic rings. The fourth-order valence-corrected chi connectivity index (χ4v) is 2.54. The van der Waals surface area contributed by atoms with Crippen LogP contribution in [-0.4, -0.2) is 30.2 Å². The van der Waals surface area contributed by atoms with Gasteiger partial charge in [-0.2, -0.15) is 0 Å². The number of benzene rings is 2. The maximum absolute atomic E-state index is 13.4. The number of anilines is 3. The van der Waals surface area contributed by atoms with E-state index in [4.69, 9.17) is 0 Å². The molecule has 6 heteroatoms. The predicted molar refractivity (Wildman–Crippen MR) is 92.7 cm³/mol. The van der Waals surface area contributed by atoms with E-state index >= 15 is 0 Å². The zero-order chi connectivity index (χ0) is 17.3. The van der Waals surface area contributed by atoms with Crippen LogP contribution in [0.3, 0.4) is 0 Å². The zero-order valence-corrected chi connectivity index (χ0v) is 13.2. The van der Waals surface area contributed by atoms with Gasteiger partial charge in [0.05, 0.1) is 17.4 Å². The van der Waals surface area contributed by atoms with Crippen molar-refractivity contribution >= 4 is 33.9 Å². The number of pyridine rings is 1. The molecule has 1 aromatic heterocycles. The van der Waals surface area contributed by atoms with Gasteiger partial charge in [-0.25, -0.2) is 14.2 Å². The minimum absolute atomic E-state index is 0.181. The van der Waals surface area contributed by atoms with Crippen molar-refractivity contribution in [1.82, 2.24) is 4.98 Å². The largest absolute Gasteiger partial charge is 0.478 e. The normalized spacial score (nSPS) is 10.6. The Morgan fingerprint density at radius 2 is 1.96 bits per heavy atom. The van der Waals surface area contributed by atoms with Gasteiger partial charge in [-0.05, 0) is 36.4 Å². The van der Waals surface area contributed by atoms with Crippen LogP contribution in [0.5, 0.6) is 0 Å². The minimum Gasteiger partial charge on any atom is -0.478 e. The summed E-state index contributed by atoms with van der Waals surface area (Å²) in [5.41, 5.74) is 1.36. The number of nitrogens with zero attached hydrogens (tertiary/aromatic N) is 2. The van der Waals surface area contributed by atoms with E-state index in [0.29, 0.717) is 16.8 Å². The van der Waals surface area contributed by atoms with Crippen LogP contribution in [0, 0.1) is 5.82 Å². The number of aromatic carboxylic acids is 1. The number of nitrogens with one attached hydrogen (secondary N) is 1. The summed E-state index contributed by atoms with van der Waals surface area (Å²) in [4.78, 5) is 17.6. The molecule has 1 heterocycles. The summed E-state index contributed by atoms with van der Waals surface area (Å²) in [6.07, 6.45) is 1.62. The number of rotatable bonds is 4. The Balaban J connectivity index is 2.17. The molecule has 0 aliphatic heterocycles. The smallest absolute Gasteiger partial charge is 0.335 e. The second-order valence-electron chi connectivity index (χ2n) is 5.59. The summed E-state index contributed by atoms with van der Waals surface area (Å²) in [5.74, 6) is -0.628. The van der Waals surface area contributed by atoms with Crippen LogP contribution < -0.4 is 10.2 Å². The van der Waals surface area contributed by atoms with Gasteiger partial charge < -0.3 is 15.3 Å². The molecule has 0 amide bonds. The van der Waals surface area contributed by atoms with E-state index in [-0.39, 0.29) is 11.4 Å². The molecule has 24 heavy (non-hydrogen) atoms. The van der Waals surface area contributed by atoms with Crippen LogP contribution >= 0.6 is 0 Å². The molecule has 2 N–H and O–H groups in total. The number of fused-ring (bicyclic) bond motifs is 1. The minimum atomic E-state index is -1.00. The average molecular weight is 325 g/mol. The quantitative estimate of drug-likeness (QED) is 0.762. The Hall–Kier alpha value is -3.15. The van der Waals surface area contributed by atoms with E-state index in [1.54, 1.807) is 36.5 Å². The van der Waals surface area contributed by atoms with E-state index in [9.17, 15) is 14.3 Å². The maximum Gasteiger partial charge on any atom is 0.335 e. The van der Waals surface area contributed by atoms with Crippen molar-refractivity contribution in [2.75, 3.05) is 24.3 Å². The molecule has 122 valence electrons. The Labute approximate surface area is 138 Å². The summed E-state index contributed by atoms with van der Waals surface area (Å²) in [5, 5.41) is 13.9. The SMILES string of the molecule is CN(C)c1ncc(Nc2cccc(F)c2)c2cc(C(=O)O)ccc12. The topological polar surface area (TPSA) is 65.5 Å². The van der Waals surface area contributed by atoms with E-state index in [0.717, 1.165) is 11.2 Å².